The summed E-state index contributed by atoms with van der Waals surface area (Å²) in [5.74, 6) is 0.364. The number of carbonyl (C=O) groups excluding carboxylic acids is 1. The zero-order chi connectivity index (χ0) is 23.4. The third kappa shape index (κ3) is 4.64. The van der Waals surface area contributed by atoms with Gasteiger partial charge in [0.15, 0.2) is 0 Å². The average molecular weight is 461 g/mol. The Labute approximate surface area is 196 Å². The molecule has 1 heterocycles. The highest BCUT2D eigenvalue weighted by molar-refractivity contribution is 6.30. The first-order valence-corrected chi connectivity index (χ1v) is 10.8. The highest BCUT2D eigenvalue weighted by Crippen LogP contribution is 2.45. The van der Waals surface area contributed by atoms with Crippen molar-refractivity contribution in [1.29, 1.82) is 5.26 Å². The van der Waals surface area contributed by atoms with Crippen LogP contribution >= 0.6 is 11.6 Å². The van der Waals surface area contributed by atoms with Gasteiger partial charge < -0.3 is 19.9 Å². The largest absolute Gasteiger partial charge is 0.493 e. The summed E-state index contributed by atoms with van der Waals surface area (Å²) < 4.78 is 17.2. The molecule has 0 fully saturated rings. The molecule has 1 aliphatic rings. The first-order valence-electron chi connectivity index (χ1n) is 10.4. The van der Waals surface area contributed by atoms with Gasteiger partial charge in [-0.05, 0) is 42.8 Å². The van der Waals surface area contributed by atoms with Gasteiger partial charge in [0.1, 0.15) is 28.9 Å². The Morgan fingerprint density at radius 3 is 2.61 bits per heavy atom. The minimum absolute atomic E-state index is 0.00136. The third-order valence-electron chi connectivity index (χ3n) is 5.17. The van der Waals surface area contributed by atoms with Gasteiger partial charge in [-0.2, -0.15) is 5.26 Å². The highest BCUT2D eigenvalue weighted by Gasteiger charge is 2.33. The van der Waals surface area contributed by atoms with Crippen LogP contribution < -0.4 is 19.9 Å². The van der Waals surface area contributed by atoms with Crippen molar-refractivity contribution in [1.82, 2.24) is 0 Å². The summed E-state index contributed by atoms with van der Waals surface area (Å²) in [7, 11) is 0. The van der Waals surface area contributed by atoms with E-state index in [1.54, 1.807) is 42.5 Å². The fraction of sp³-hybridized carbons (Fsp3) is 0.154. The molecule has 1 unspecified atom stereocenters. The van der Waals surface area contributed by atoms with Crippen LogP contribution in [0.2, 0.25) is 5.02 Å². The number of rotatable bonds is 6. The molecule has 33 heavy (non-hydrogen) atoms. The molecule has 0 radical (unpaired) electrons. The van der Waals surface area contributed by atoms with E-state index in [1.807, 2.05) is 31.2 Å². The average Bonchev–Trinajstić information content (AvgIpc) is 2.82. The summed E-state index contributed by atoms with van der Waals surface area (Å²) >= 11 is 5.88. The second-order valence-electron chi connectivity index (χ2n) is 7.41. The highest BCUT2D eigenvalue weighted by atomic mass is 35.5. The summed E-state index contributed by atoms with van der Waals surface area (Å²) in [5, 5.41) is 10.3. The second-order valence-corrected chi connectivity index (χ2v) is 7.84. The van der Waals surface area contributed by atoms with E-state index >= 15 is 0 Å². The van der Waals surface area contributed by atoms with Crippen LogP contribution in [0.3, 0.4) is 0 Å². The monoisotopic (exact) mass is 460 g/mol. The maximum atomic E-state index is 12.5. The molecule has 0 saturated carbocycles. The number of carbonyl (C=O) groups is 1. The third-order valence-corrected chi connectivity index (χ3v) is 5.42. The lowest BCUT2D eigenvalue weighted by atomic mass is 9.83. The van der Waals surface area contributed by atoms with Crippen molar-refractivity contribution in [3.8, 4) is 23.3 Å². The van der Waals surface area contributed by atoms with Gasteiger partial charge in [0.25, 0.3) is 0 Å². The van der Waals surface area contributed by atoms with E-state index in [0.29, 0.717) is 34.3 Å². The number of benzene rings is 3. The Bertz CT molecular complexity index is 1260. The van der Waals surface area contributed by atoms with Crippen LogP contribution in [0.5, 0.6) is 17.2 Å². The van der Waals surface area contributed by atoms with Gasteiger partial charge in [0.05, 0.1) is 18.1 Å². The molecule has 0 aliphatic carbocycles. The van der Waals surface area contributed by atoms with E-state index in [2.05, 4.69) is 6.07 Å². The summed E-state index contributed by atoms with van der Waals surface area (Å²) in [6.45, 7) is 2.57. The number of nitriles is 1. The quantitative estimate of drug-likeness (QED) is 0.382. The van der Waals surface area contributed by atoms with Gasteiger partial charge in [-0.15, -0.1) is 0 Å². The van der Waals surface area contributed by atoms with E-state index in [1.165, 1.54) is 0 Å². The van der Waals surface area contributed by atoms with Crippen LogP contribution in [-0.2, 0) is 0 Å². The number of hydrogen-bond donors (Lipinski definition) is 1. The van der Waals surface area contributed by atoms with E-state index in [0.717, 1.165) is 17.5 Å². The molecular formula is C26H21ClN2O4. The topological polar surface area (TPSA) is 94.6 Å². The summed E-state index contributed by atoms with van der Waals surface area (Å²) in [4.78, 5) is 12.5. The Morgan fingerprint density at radius 1 is 1.12 bits per heavy atom. The van der Waals surface area contributed by atoms with Crippen LogP contribution in [0, 0.1) is 11.3 Å². The van der Waals surface area contributed by atoms with Gasteiger partial charge in [0.2, 0.25) is 5.88 Å². The van der Waals surface area contributed by atoms with E-state index < -0.39 is 11.9 Å². The van der Waals surface area contributed by atoms with Crippen molar-refractivity contribution in [3.63, 3.8) is 0 Å². The summed E-state index contributed by atoms with van der Waals surface area (Å²) in [6, 6.07) is 21.1. The van der Waals surface area contributed by atoms with Gasteiger partial charge in [-0.1, -0.05) is 42.8 Å². The lowest BCUT2D eigenvalue weighted by molar-refractivity contribution is 0.0734. The number of para-hydroxylation sites is 1. The number of ether oxygens (including phenoxy) is 3. The molecule has 3 aromatic rings. The van der Waals surface area contributed by atoms with Crippen LogP contribution in [0.25, 0.3) is 0 Å². The SMILES string of the molecule is CCCOc1ccccc1C1C(C#N)=C(N)Oc2cc(OC(=O)c3ccc(Cl)cc3)ccc21. The van der Waals surface area contributed by atoms with Crippen molar-refractivity contribution >= 4 is 17.6 Å². The van der Waals surface area contributed by atoms with Crippen LogP contribution in [0.1, 0.15) is 40.7 Å². The zero-order valence-corrected chi connectivity index (χ0v) is 18.6. The van der Waals surface area contributed by atoms with Crippen molar-refractivity contribution in [2.24, 2.45) is 5.73 Å². The molecule has 2 N–H and O–H groups in total. The molecule has 7 heteroatoms. The fourth-order valence-electron chi connectivity index (χ4n) is 3.63. The van der Waals surface area contributed by atoms with Crippen LogP contribution in [0.4, 0.5) is 0 Å². The normalized spacial score (nSPS) is 14.6. The molecule has 1 aliphatic heterocycles. The maximum Gasteiger partial charge on any atom is 0.343 e. The van der Waals surface area contributed by atoms with Crippen molar-refractivity contribution < 1.29 is 19.0 Å². The molecule has 1 atom stereocenters. The molecule has 3 aromatic carbocycles. The van der Waals surface area contributed by atoms with Gasteiger partial charge in [0, 0.05) is 22.2 Å². The molecule has 0 amide bonds. The van der Waals surface area contributed by atoms with Crippen molar-refractivity contribution in [3.05, 3.63) is 99.9 Å². The lowest BCUT2D eigenvalue weighted by Crippen LogP contribution is -2.21. The molecule has 0 aromatic heterocycles. The van der Waals surface area contributed by atoms with Crippen molar-refractivity contribution in [2.45, 2.75) is 19.3 Å². The minimum atomic E-state index is -0.529. The van der Waals surface area contributed by atoms with Crippen LogP contribution in [0.15, 0.2) is 78.2 Å². The number of nitrogens with two attached hydrogens (primary N) is 1. The van der Waals surface area contributed by atoms with Crippen molar-refractivity contribution in [2.75, 3.05) is 6.61 Å². The molecule has 6 nitrogen and oxygen atoms in total. The predicted octanol–water partition coefficient (Wildman–Crippen LogP) is 5.57. The Kier molecular flexibility index (Phi) is 6.53. The Balaban J connectivity index is 1.70. The molecule has 0 bridgehead atoms. The first-order chi connectivity index (χ1) is 16.0. The zero-order valence-electron chi connectivity index (χ0n) is 17.9. The van der Waals surface area contributed by atoms with Crippen LogP contribution in [-0.4, -0.2) is 12.6 Å². The minimum Gasteiger partial charge on any atom is -0.493 e. The molecular weight excluding hydrogens is 440 g/mol. The number of fused-ring (bicyclic) bond motifs is 1. The molecule has 0 spiro atoms. The van der Waals surface area contributed by atoms with E-state index in [-0.39, 0.29) is 11.6 Å². The number of halogens is 1. The Morgan fingerprint density at radius 2 is 1.88 bits per heavy atom. The molecule has 166 valence electrons. The predicted molar refractivity (Wildman–Crippen MR) is 124 cm³/mol. The summed E-state index contributed by atoms with van der Waals surface area (Å²) in [6.07, 6.45) is 0.851. The number of nitrogens with zero attached hydrogens (tertiary/aromatic N) is 1. The Hall–Kier alpha value is -3.95. The van der Waals surface area contributed by atoms with Gasteiger partial charge >= 0.3 is 5.97 Å². The number of esters is 1. The van der Waals surface area contributed by atoms with E-state index in [4.69, 9.17) is 31.5 Å². The standard InChI is InChI=1S/C26H21ClN2O4/c1-2-13-31-22-6-4-3-5-19(22)24-20-12-11-18(14-23(20)33-25(29)21(24)15-28)32-26(30)16-7-9-17(27)10-8-16/h3-12,14,24H,2,13,29H2,1H3. The smallest absolute Gasteiger partial charge is 0.343 e. The van der Waals surface area contributed by atoms with Gasteiger partial charge in [-0.3, -0.25) is 0 Å². The summed E-state index contributed by atoms with van der Waals surface area (Å²) in [5.41, 5.74) is 8.30. The molecule has 4 rings (SSSR count). The van der Waals surface area contributed by atoms with Gasteiger partial charge in [-0.25, -0.2) is 4.79 Å². The first kappa shape index (κ1) is 22.3. The lowest BCUT2D eigenvalue weighted by Gasteiger charge is -2.28. The maximum absolute atomic E-state index is 12.5. The number of allylic oxidation sites excluding steroid dienone is 1. The fourth-order valence-corrected chi connectivity index (χ4v) is 3.76. The second kappa shape index (κ2) is 9.68. The van der Waals surface area contributed by atoms with E-state index in [9.17, 15) is 10.1 Å². The molecule has 0 saturated heterocycles. The number of hydrogen-bond acceptors (Lipinski definition) is 6.